The Labute approximate surface area is 567 Å². The number of ether oxygens (including phenoxy) is 3. The van der Waals surface area contributed by atoms with Crippen LogP contribution in [0.2, 0.25) is 0 Å². The second kappa shape index (κ2) is 57.3. The van der Waals surface area contributed by atoms with Crippen LogP contribution in [-0.4, -0.2) is 141 Å². The van der Waals surface area contributed by atoms with E-state index in [1.165, 1.54) is 7.11 Å². The molecule has 92 heavy (non-hydrogen) atoms. The molecule has 0 aromatic rings. The van der Waals surface area contributed by atoms with Crippen LogP contribution in [0.4, 0.5) is 9.59 Å². The van der Waals surface area contributed by atoms with Crippen molar-refractivity contribution < 1.29 is 91.6 Å². The number of alkyl carbamates (subject to hydrolysis) is 2. The Bertz CT molecular complexity index is 2020. The largest absolute Gasteiger partial charge is 1.00 e. The minimum atomic E-state index is -0.784. The average Bonchev–Trinajstić information content (AvgIpc) is 3.61. The molecule has 23 nitrogen and oxygen atoms in total. The summed E-state index contributed by atoms with van der Waals surface area (Å²) in [7, 11) is 1.40. The van der Waals surface area contributed by atoms with E-state index in [9.17, 15) is 47.9 Å². The first-order chi connectivity index (χ1) is 41.8. The van der Waals surface area contributed by atoms with Crippen LogP contribution < -0.4 is 61.4 Å². The molecule has 0 fully saturated rings. The van der Waals surface area contributed by atoms with E-state index >= 15 is 0 Å². The van der Waals surface area contributed by atoms with Crippen molar-refractivity contribution in [1.82, 2.24) is 42.5 Å². The summed E-state index contributed by atoms with van der Waals surface area (Å²) < 4.78 is 15.1. The van der Waals surface area contributed by atoms with E-state index in [0.29, 0.717) is 58.8 Å². The van der Waals surface area contributed by atoms with Gasteiger partial charge in [-0.05, 0) is 144 Å². The van der Waals surface area contributed by atoms with Crippen LogP contribution in [0.5, 0.6) is 0 Å². The van der Waals surface area contributed by atoms with E-state index in [4.69, 9.17) is 19.3 Å². The summed E-state index contributed by atoms with van der Waals surface area (Å²) in [6.45, 7) is 30.6. The van der Waals surface area contributed by atoms with Crippen molar-refractivity contribution >= 4 is 59.6 Å². The van der Waals surface area contributed by atoms with Gasteiger partial charge < -0.3 is 74.8 Å². The van der Waals surface area contributed by atoms with Crippen LogP contribution in [0.15, 0.2) is 0 Å². The molecule has 0 aliphatic carbocycles. The Balaban J connectivity index is -0.000000531. The summed E-state index contributed by atoms with van der Waals surface area (Å²) in [5.74, 6) is -1.79. The number of nitrogens with one attached hydrogen (secondary N) is 8. The minimum absolute atomic E-state index is 0. The molecule has 0 saturated heterocycles. The summed E-state index contributed by atoms with van der Waals surface area (Å²) in [4.78, 5) is 120. The van der Waals surface area contributed by atoms with Crippen molar-refractivity contribution in [2.45, 2.75) is 262 Å². The molecule has 0 aromatic heterocycles. The zero-order valence-corrected chi connectivity index (χ0v) is 60.4. The predicted octanol–water partition coefficient (Wildman–Crippen LogP) is 7.71. The predicted molar refractivity (Wildman–Crippen MR) is 359 cm³/mol. The van der Waals surface area contributed by atoms with Crippen molar-refractivity contribution in [1.29, 1.82) is 0 Å². The van der Waals surface area contributed by atoms with Crippen molar-refractivity contribution in [3.05, 3.63) is 7.43 Å². The molecule has 0 heterocycles. The molecule has 8 amide bonds. The van der Waals surface area contributed by atoms with E-state index in [1.807, 2.05) is 90.0 Å². The molecule has 8 atom stereocenters. The first-order valence-corrected chi connectivity index (χ1v) is 33.7. The van der Waals surface area contributed by atoms with Crippen LogP contribution in [0.3, 0.4) is 0 Å². The number of amides is 8. The van der Waals surface area contributed by atoms with Gasteiger partial charge in [-0.15, -0.1) is 0 Å². The molecule has 10 N–H and O–H groups in total. The third-order valence-electron chi connectivity index (χ3n) is 15.4. The summed E-state index contributed by atoms with van der Waals surface area (Å²) >= 11 is 0. The van der Waals surface area contributed by atoms with Crippen LogP contribution >= 0.6 is 0 Å². The molecule has 0 spiro atoms. The van der Waals surface area contributed by atoms with E-state index < -0.39 is 29.4 Å². The van der Waals surface area contributed by atoms with E-state index in [1.54, 1.807) is 6.92 Å². The van der Waals surface area contributed by atoms with Gasteiger partial charge in [0, 0.05) is 87.9 Å². The summed E-state index contributed by atoms with van der Waals surface area (Å²) in [5, 5.41) is 32.2. The number of carboxylic acids is 1. The van der Waals surface area contributed by atoms with Gasteiger partial charge in [-0.2, -0.15) is 0 Å². The molecular formula is C68H130LiN8O15-. The summed E-state index contributed by atoms with van der Waals surface area (Å²) in [6, 6.07) is 0. The molecule has 0 unspecified atom stereocenters. The fourth-order valence-corrected chi connectivity index (χ4v) is 9.16. The summed E-state index contributed by atoms with van der Waals surface area (Å²) in [5.41, 5.74) is -1.03. The SMILES string of the molecule is COC(=O)[C@@H](C)CCCCNC(=O)[C@@H](C)CCCCNC(=O)[C@@H](C)CCCCNC(=O)[C@@H](C)CCCCNC(=O)OC(C)(C)C.C[C@@H](CCCCNC(=O)[C@@H](C)CCCCNC(=O)[C@@H](C)CCCCNC(=O)[C@@H](C)CCCCNC(=O)OC(C)(C)C)C(=O)O.[CH3-].[Li+].[OH-]. The number of carbonyl (C=O) groups excluding carboxylic acids is 9. The van der Waals surface area contributed by atoms with Crippen LogP contribution in [0.1, 0.15) is 251 Å². The number of carbonyl (C=O) groups is 10. The van der Waals surface area contributed by atoms with E-state index in [2.05, 4.69) is 42.5 Å². The number of unbranched alkanes of at least 4 members (excludes halogenated alkanes) is 8. The number of carboxylic acid groups (broad SMARTS) is 1. The molecule has 0 aliphatic rings. The smallest absolute Gasteiger partial charge is 0.870 e. The maximum absolute atomic E-state index is 12.4. The zero-order valence-electron chi connectivity index (χ0n) is 60.4. The number of esters is 1. The third-order valence-corrected chi connectivity index (χ3v) is 15.4. The van der Waals surface area contributed by atoms with Gasteiger partial charge in [0.05, 0.1) is 18.9 Å². The Morgan fingerprint density at radius 2 is 0.489 bits per heavy atom. The average molecular weight is 1310 g/mol. The van der Waals surface area contributed by atoms with Crippen molar-refractivity contribution in [2.24, 2.45) is 47.3 Å². The zero-order chi connectivity index (χ0) is 67.8. The number of hydrogen-bond acceptors (Lipinski definition) is 14. The van der Waals surface area contributed by atoms with Gasteiger partial charge in [0.2, 0.25) is 35.4 Å². The minimum Gasteiger partial charge on any atom is -0.870 e. The maximum atomic E-state index is 12.4. The van der Waals surface area contributed by atoms with Gasteiger partial charge in [0.1, 0.15) is 11.2 Å². The third kappa shape index (κ3) is 56.4. The van der Waals surface area contributed by atoms with E-state index in [0.717, 1.165) is 148 Å². The normalized spacial score (nSPS) is 13.6. The quantitative estimate of drug-likeness (QED) is 0.00926. The van der Waals surface area contributed by atoms with Crippen LogP contribution in [0.25, 0.3) is 0 Å². The first-order valence-electron chi connectivity index (χ1n) is 33.7. The Morgan fingerprint density at radius 1 is 0.315 bits per heavy atom. The maximum Gasteiger partial charge on any atom is 1.00 e. The van der Waals surface area contributed by atoms with E-state index in [-0.39, 0.29) is 121 Å². The number of rotatable bonds is 48. The van der Waals surface area contributed by atoms with Gasteiger partial charge in [0.15, 0.2) is 0 Å². The molecule has 24 heteroatoms. The Kier molecular flexibility index (Phi) is 59.5. The number of methoxy groups -OCH3 is 1. The summed E-state index contributed by atoms with van der Waals surface area (Å²) in [6.07, 6.45) is 18.3. The van der Waals surface area contributed by atoms with Gasteiger partial charge in [-0.1, -0.05) is 107 Å². The second-order valence-corrected chi connectivity index (χ2v) is 26.6. The van der Waals surface area contributed by atoms with Gasteiger partial charge in [0.25, 0.3) is 0 Å². The first kappa shape index (κ1) is 95.6. The Hall–Kier alpha value is -5.14. The van der Waals surface area contributed by atoms with Crippen LogP contribution in [-0.2, 0) is 52.6 Å². The topological polar surface area (TPSA) is 345 Å². The molecule has 0 rings (SSSR count). The molecule has 0 bridgehead atoms. The molecular weight excluding hydrogens is 1180 g/mol. The standard InChI is InChI=1S/C34H64N4O7.C33H62N4O7.CH3.Li.H2O/c1-25(17-9-14-22-36-31(41)27(3)19-11-16-24-38-33(43)45-34(5,6)7)29(39)35-21-13-10-18-26(2)30(40)37-23-15-12-20-28(4)32(42)44-8;1-24(16-8-13-21-35-30(40)26(3)18-10-15-23-37-32(43)44-33(5,6)7)28(38)34-20-12-9-17-25(2)29(39)36-22-14-11-19-27(4)31(41)42;;;/h25-28H,9-24H2,1-8H3,(H,35,39)(H,36,41)(H,37,40)(H,38,43);24-27H,8-23H2,1-7H3,(H,34,38)(H,35,40)(H,36,39)(H,37,43)(H,41,42);1H3;;1H2/q;;-1;+1;/p-1/t25-,26-,27-,28-;24-,25-,26-,27-;;;/m00.../s1. The molecule has 0 aliphatic heterocycles. The monoisotopic (exact) mass is 1310 g/mol. The van der Waals surface area contributed by atoms with Crippen molar-refractivity contribution in [3.63, 3.8) is 0 Å². The van der Waals surface area contributed by atoms with Gasteiger partial charge in [-0.3, -0.25) is 38.4 Å². The van der Waals surface area contributed by atoms with Crippen LogP contribution in [0, 0.1) is 54.8 Å². The molecule has 0 aromatic carbocycles. The fourth-order valence-electron chi connectivity index (χ4n) is 9.16. The molecule has 0 radical (unpaired) electrons. The number of aliphatic carboxylic acids is 1. The molecule has 534 valence electrons. The molecule has 0 saturated carbocycles. The second-order valence-electron chi connectivity index (χ2n) is 26.6. The van der Waals surface area contributed by atoms with Gasteiger partial charge in [-0.25, -0.2) is 9.59 Å². The Morgan fingerprint density at radius 3 is 0.663 bits per heavy atom. The van der Waals surface area contributed by atoms with Crippen molar-refractivity contribution in [2.75, 3.05) is 59.5 Å². The van der Waals surface area contributed by atoms with Crippen molar-refractivity contribution in [3.8, 4) is 0 Å². The van der Waals surface area contributed by atoms with Gasteiger partial charge >= 0.3 is 43.0 Å². The number of hydrogen-bond donors (Lipinski definition) is 9. The fraction of sp³-hybridized carbons (Fsp3) is 0.838.